The zero-order valence-electron chi connectivity index (χ0n) is 19.7. The number of ether oxygens (including phenoxy) is 1. The number of rotatable bonds is 10. The maximum absolute atomic E-state index is 12.7. The fourth-order valence-corrected chi connectivity index (χ4v) is 3.82. The largest absolute Gasteiger partial charge is 0.491 e. The van der Waals surface area contributed by atoms with E-state index in [1.807, 2.05) is 21.0 Å². The minimum Gasteiger partial charge on any atom is -0.491 e. The molecule has 4 heteroatoms. The fourth-order valence-electron chi connectivity index (χ4n) is 3.82. The molecular formula is C25H41NO3. The monoisotopic (exact) mass is 403 g/mol. The summed E-state index contributed by atoms with van der Waals surface area (Å²) in [6.45, 7) is 10.5. The quantitative estimate of drug-likeness (QED) is 0.495. The number of methoxy groups -OCH3 is 1. The number of carbonyl (C=O) groups is 1. The number of nitrogens with zero attached hydrogens (tertiary/aromatic N) is 1. The number of Topliss-reactive ketones (excluding diaryl/α,β-unsaturated/α-hetero) is 1. The van der Waals surface area contributed by atoms with E-state index in [2.05, 4.69) is 45.9 Å². The van der Waals surface area contributed by atoms with Crippen molar-refractivity contribution in [2.45, 2.75) is 72.8 Å². The van der Waals surface area contributed by atoms with E-state index >= 15 is 0 Å². The van der Waals surface area contributed by atoms with Crippen LogP contribution in [0, 0.1) is 11.8 Å². The van der Waals surface area contributed by atoms with Crippen molar-refractivity contribution in [3.8, 4) is 0 Å². The van der Waals surface area contributed by atoms with Crippen molar-refractivity contribution < 1.29 is 14.6 Å². The molecule has 0 radical (unpaired) electrons. The molecule has 1 aliphatic rings. The summed E-state index contributed by atoms with van der Waals surface area (Å²) < 4.78 is 5.31. The highest BCUT2D eigenvalue weighted by atomic mass is 16.5. The molecule has 164 valence electrons. The van der Waals surface area contributed by atoms with Crippen molar-refractivity contribution in [3.05, 3.63) is 46.4 Å². The van der Waals surface area contributed by atoms with E-state index in [4.69, 9.17) is 4.74 Å². The molecule has 29 heavy (non-hydrogen) atoms. The zero-order chi connectivity index (χ0) is 22.1. The van der Waals surface area contributed by atoms with Gasteiger partial charge in [-0.2, -0.15) is 0 Å². The predicted octanol–water partition coefficient (Wildman–Crippen LogP) is 5.41. The van der Waals surface area contributed by atoms with Gasteiger partial charge >= 0.3 is 0 Å². The molecule has 0 spiro atoms. The van der Waals surface area contributed by atoms with Crippen LogP contribution >= 0.6 is 0 Å². The van der Waals surface area contributed by atoms with Gasteiger partial charge in [0.05, 0.1) is 12.8 Å². The highest BCUT2D eigenvalue weighted by Crippen LogP contribution is 2.35. The van der Waals surface area contributed by atoms with Gasteiger partial charge in [0.25, 0.3) is 0 Å². The van der Waals surface area contributed by atoms with Gasteiger partial charge < -0.3 is 14.7 Å². The molecule has 0 saturated carbocycles. The average Bonchev–Trinajstić information content (AvgIpc) is 2.63. The van der Waals surface area contributed by atoms with Crippen molar-refractivity contribution in [1.82, 2.24) is 4.90 Å². The Hall–Kier alpha value is -1.81. The van der Waals surface area contributed by atoms with Gasteiger partial charge in [-0.25, -0.2) is 0 Å². The molecule has 0 aromatic carbocycles. The Labute approximate surface area is 178 Å². The number of carbonyl (C=O) groups excluding carboxylic acids is 1. The van der Waals surface area contributed by atoms with Gasteiger partial charge in [-0.05, 0) is 59.8 Å². The van der Waals surface area contributed by atoms with Crippen LogP contribution in [-0.4, -0.2) is 43.1 Å². The number of aliphatic hydroxyl groups excluding tert-OH is 1. The third-order valence-corrected chi connectivity index (χ3v) is 5.75. The van der Waals surface area contributed by atoms with Crippen molar-refractivity contribution in [3.63, 3.8) is 0 Å². The lowest BCUT2D eigenvalue weighted by molar-refractivity contribution is -0.127. The standard InChI is InChI=1S/C25H41NO3/c1-17(2)11-9-12-18(3)13-10-14-19(4)15-16-21-20(5)23(27)25(29-8)22(24(21)28)26(6)7/h11,13,15,20-21,24,28H,9-10,12,14,16H2,1-8H3/b18-13+,19-15+/t20-,21-,24-/m0/s1. The lowest BCUT2D eigenvalue weighted by Gasteiger charge is -2.37. The molecule has 1 aliphatic carbocycles. The van der Waals surface area contributed by atoms with E-state index < -0.39 is 6.10 Å². The molecule has 0 saturated heterocycles. The fraction of sp³-hybridized carbons (Fsp3) is 0.640. The number of aliphatic hydroxyl groups is 1. The molecule has 0 aromatic rings. The van der Waals surface area contributed by atoms with E-state index in [1.165, 1.54) is 23.8 Å². The number of likely N-dealkylation sites (N-methyl/N-ethyl adjacent to an activating group) is 1. The van der Waals surface area contributed by atoms with Gasteiger partial charge in [0, 0.05) is 25.9 Å². The Bertz CT molecular complexity index is 678. The zero-order valence-corrected chi connectivity index (χ0v) is 19.7. The van der Waals surface area contributed by atoms with Gasteiger partial charge in [-0.3, -0.25) is 4.79 Å². The number of hydrogen-bond acceptors (Lipinski definition) is 4. The van der Waals surface area contributed by atoms with Crippen LogP contribution in [0.5, 0.6) is 0 Å². The average molecular weight is 404 g/mol. The SMILES string of the molecule is COC1=C(N(C)C)[C@@H](O)[C@@H](C/C=C(\C)CC/C=C(\C)CCC=C(C)C)[C@H](C)C1=O. The second kappa shape index (κ2) is 12.0. The van der Waals surface area contributed by atoms with E-state index in [1.54, 1.807) is 4.90 Å². The van der Waals surface area contributed by atoms with Crippen LogP contribution in [0.2, 0.25) is 0 Å². The molecule has 0 aliphatic heterocycles. The lowest BCUT2D eigenvalue weighted by Crippen LogP contribution is -2.43. The summed E-state index contributed by atoms with van der Waals surface area (Å²) in [5.41, 5.74) is 4.70. The van der Waals surface area contributed by atoms with Crippen LogP contribution in [0.25, 0.3) is 0 Å². The summed E-state index contributed by atoms with van der Waals surface area (Å²) in [6.07, 6.45) is 11.0. The molecule has 0 aromatic heterocycles. The lowest BCUT2D eigenvalue weighted by atomic mass is 9.76. The Kier molecular flexibility index (Phi) is 10.5. The highest BCUT2D eigenvalue weighted by molar-refractivity contribution is 5.97. The van der Waals surface area contributed by atoms with E-state index in [0.717, 1.165) is 25.7 Å². The van der Waals surface area contributed by atoms with E-state index in [0.29, 0.717) is 17.9 Å². The smallest absolute Gasteiger partial charge is 0.202 e. The van der Waals surface area contributed by atoms with Gasteiger partial charge in [0.1, 0.15) is 6.10 Å². The summed E-state index contributed by atoms with van der Waals surface area (Å²) in [4.78, 5) is 14.5. The van der Waals surface area contributed by atoms with Crippen molar-refractivity contribution in [2.75, 3.05) is 21.2 Å². The van der Waals surface area contributed by atoms with Gasteiger partial charge in [-0.1, -0.05) is 41.9 Å². The maximum Gasteiger partial charge on any atom is 0.202 e. The first kappa shape index (κ1) is 25.2. The first-order chi connectivity index (χ1) is 13.6. The third kappa shape index (κ3) is 7.50. The van der Waals surface area contributed by atoms with Crippen molar-refractivity contribution in [1.29, 1.82) is 0 Å². The van der Waals surface area contributed by atoms with Gasteiger partial charge in [0.2, 0.25) is 5.78 Å². The van der Waals surface area contributed by atoms with Gasteiger partial charge in [0.15, 0.2) is 5.76 Å². The second-order valence-corrected chi connectivity index (χ2v) is 8.77. The molecule has 0 heterocycles. The van der Waals surface area contributed by atoms with Crippen LogP contribution in [0.15, 0.2) is 46.4 Å². The third-order valence-electron chi connectivity index (χ3n) is 5.75. The topological polar surface area (TPSA) is 49.8 Å². The Balaban J connectivity index is 2.70. The van der Waals surface area contributed by atoms with Crippen LogP contribution in [0.3, 0.4) is 0 Å². The molecule has 1 N–H and O–H groups in total. The van der Waals surface area contributed by atoms with E-state index in [-0.39, 0.29) is 17.6 Å². The van der Waals surface area contributed by atoms with Crippen molar-refractivity contribution in [2.24, 2.45) is 11.8 Å². The Morgan fingerprint density at radius 3 is 2.10 bits per heavy atom. The summed E-state index contributed by atoms with van der Waals surface area (Å²) in [6, 6.07) is 0. The first-order valence-electron chi connectivity index (χ1n) is 10.7. The van der Waals surface area contributed by atoms with Crippen LogP contribution in [0.4, 0.5) is 0 Å². The van der Waals surface area contributed by atoms with E-state index in [9.17, 15) is 9.90 Å². The molecular weight excluding hydrogens is 362 g/mol. The number of allylic oxidation sites excluding steroid dienone is 7. The minimum absolute atomic E-state index is 0.0209. The summed E-state index contributed by atoms with van der Waals surface area (Å²) >= 11 is 0. The first-order valence-corrected chi connectivity index (χ1v) is 10.7. The predicted molar refractivity (Wildman–Crippen MR) is 121 cm³/mol. The Morgan fingerprint density at radius 1 is 1.03 bits per heavy atom. The van der Waals surface area contributed by atoms with Crippen LogP contribution < -0.4 is 0 Å². The highest BCUT2D eigenvalue weighted by Gasteiger charge is 2.41. The Morgan fingerprint density at radius 2 is 1.59 bits per heavy atom. The summed E-state index contributed by atoms with van der Waals surface area (Å²) in [5, 5.41) is 10.9. The molecule has 0 fully saturated rings. The maximum atomic E-state index is 12.7. The van der Waals surface area contributed by atoms with Crippen LogP contribution in [-0.2, 0) is 9.53 Å². The molecule has 1 rings (SSSR count). The molecule has 4 nitrogen and oxygen atoms in total. The molecule has 0 amide bonds. The number of hydrogen-bond donors (Lipinski definition) is 1. The van der Waals surface area contributed by atoms with Gasteiger partial charge in [-0.15, -0.1) is 0 Å². The van der Waals surface area contributed by atoms with Crippen molar-refractivity contribution >= 4 is 5.78 Å². The normalized spacial score (nSPS) is 23.3. The summed E-state index contributed by atoms with van der Waals surface area (Å²) in [7, 11) is 5.17. The second-order valence-electron chi connectivity index (χ2n) is 8.77. The summed E-state index contributed by atoms with van der Waals surface area (Å²) in [5.74, 6) is -0.117. The molecule has 3 atom stereocenters. The van der Waals surface area contributed by atoms with Crippen LogP contribution in [0.1, 0.15) is 66.7 Å². The molecule has 0 bridgehead atoms. The number of ketones is 1. The minimum atomic E-state index is -0.700. The molecule has 0 unspecified atom stereocenters.